The van der Waals surface area contributed by atoms with Gasteiger partial charge in [0.25, 0.3) is 0 Å². The number of aromatic hydroxyl groups is 1. The van der Waals surface area contributed by atoms with Crippen LogP contribution in [0.4, 0.5) is 0 Å². The van der Waals surface area contributed by atoms with Gasteiger partial charge in [-0.1, -0.05) is 38.8 Å². The van der Waals surface area contributed by atoms with Crippen molar-refractivity contribution in [3.05, 3.63) is 29.8 Å². The number of rotatable bonds is 4. The third-order valence-electron chi connectivity index (χ3n) is 1.80. The van der Waals surface area contributed by atoms with E-state index < -0.39 is 8.25 Å². The van der Waals surface area contributed by atoms with Gasteiger partial charge in [-0.15, -0.1) is 0 Å². The van der Waals surface area contributed by atoms with Crippen molar-refractivity contribution in [2.24, 2.45) is 0 Å². The molecule has 1 aromatic rings. The summed E-state index contributed by atoms with van der Waals surface area (Å²) in [6.45, 7) is 4.45. The van der Waals surface area contributed by atoms with Crippen LogP contribution in [0.5, 0.6) is 5.75 Å². The van der Waals surface area contributed by atoms with E-state index in [-0.39, 0.29) is 12.4 Å². The zero-order valence-electron chi connectivity index (χ0n) is 9.64. The molecule has 4 nitrogen and oxygen atoms in total. The lowest BCUT2D eigenvalue weighted by molar-refractivity contribution is 0.272. The van der Waals surface area contributed by atoms with Crippen LogP contribution in [0.3, 0.4) is 0 Å². The smallest absolute Gasteiger partial charge is 0.316 e. The minimum absolute atomic E-state index is 0.0918. The van der Waals surface area contributed by atoms with E-state index in [1.807, 2.05) is 0 Å². The molecule has 0 saturated carbocycles. The molecule has 16 heavy (non-hydrogen) atoms. The third-order valence-corrected chi connectivity index (χ3v) is 2.19. The third kappa shape index (κ3) is 8.48. The van der Waals surface area contributed by atoms with Crippen LogP contribution in [-0.2, 0) is 15.7 Å². The lowest BCUT2D eigenvalue weighted by atomic mass is 10.2. The van der Waals surface area contributed by atoms with E-state index in [9.17, 15) is 4.57 Å². The predicted octanol–water partition coefficient (Wildman–Crippen LogP) is 3.10. The number of phenols is 1. The van der Waals surface area contributed by atoms with Crippen LogP contribution in [0.15, 0.2) is 24.3 Å². The van der Waals surface area contributed by atoms with Crippen LogP contribution in [0, 0.1) is 0 Å². The Morgan fingerprint density at radius 3 is 2.06 bits per heavy atom. The summed E-state index contributed by atoms with van der Waals surface area (Å²) in [5, 5.41) is 8.89. The van der Waals surface area contributed by atoms with Crippen molar-refractivity contribution in [3.8, 4) is 5.75 Å². The molecule has 0 aliphatic rings. The fourth-order valence-electron chi connectivity index (χ4n) is 0.737. The fourth-order valence-corrected chi connectivity index (χ4v) is 1.03. The Labute approximate surface area is 96.8 Å². The van der Waals surface area contributed by atoms with Crippen molar-refractivity contribution in [2.45, 2.75) is 33.3 Å². The monoisotopic (exact) mass is 246 g/mol. The second-order valence-electron chi connectivity index (χ2n) is 3.22. The highest BCUT2D eigenvalue weighted by molar-refractivity contribution is 7.32. The van der Waals surface area contributed by atoms with E-state index in [0.717, 1.165) is 5.56 Å². The Hall–Kier alpha value is -0.830. The summed E-state index contributed by atoms with van der Waals surface area (Å²) in [7, 11) is -2.85. The first-order chi connectivity index (χ1) is 7.60. The maximum absolute atomic E-state index is 10.2. The van der Waals surface area contributed by atoms with Gasteiger partial charge in [0, 0.05) is 0 Å². The van der Waals surface area contributed by atoms with Crippen molar-refractivity contribution in [1.29, 1.82) is 0 Å². The number of phenolic OH excluding ortho intramolecular Hbond substituents is 1. The molecule has 1 aromatic carbocycles. The van der Waals surface area contributed by atoms with Crippen LogP contribution in [0.1, 0.15) is 32.3 Å². The van der Waals surface area contributed by atoms with E-state index in [4.69, 9.17) is 10.00 Å². The summed E-state index contributed by atoms with van der Waals surface area (Å²) in [6, 6.07) is 6.24. The van der Waals surface area contributed by atoms with E-state index in [1.165, 1.54) is 25.0 Å². The Balaban J connectivity index is 0.000000487. The molecule has 1 rings (SSSR count). The van der Waals surface area contributed by atoms with Crippen molar-refractivity contribution in [1.82, 2.24) is 0 Å². The Bertz CT molecular complexity index is 295. The van der Waals surface area contributed by atoms with Crippen LogP contribution in [0.25, 0.3) is 0 Å². The van der Waals surface area contributed by atoms with Gasteiger partial charge in [0.05, 0.1) is 6.61 Å². The molecule has 5 heteroatoms. The van der Waals surface area contributed by atoms with Crippen LogP contribution >= 0.6 is 8.25 Å². The van der Waals surface area contributed by atoms with Gasteiger partial charge in [0.1, 0.15) is 5.75 Å². The van der Waals surface area contributed by atoms with Crippen molar-refractivity contribution in [3.63, 3.8) is 0 Å². The topological polar surface area (TPSA) is 66.8 Å². The first-order valence-electron chi connectivity index (χ1n) is 5.23. The summed E-state index contributed by atoms with van der Waals surface area (Å²) in [4.78, 5) is 8.34. The number of hydrogen-bond donors (Lipinski definition) is 2. The fraction of sp³-hybridized carbons (Fsp3) is 0.455. The highest BCUT2D eigenvalue weighted by Crippen LogP contribution is 2.18. The van der Waals surface area contributed by atoms with Crippen molar-refractivity contribution >= 4 is 8.25 Å². The molecule has 0 heterocycles. The summed E-state index contributed by atoms with van der Waals surface area (Å²) in [5.41, 5.74) is 0.750. The maximum Gasteiger partial charge on any atom is 0.316 e. The van der Waals surface area contributed by atoms with E-state index in [2.05, 4.69) is 18.4 Å². The molecule has 0 bridgehead atoms. The number of hydrogen-bond acceptors (Lipinski definition) is 3. The zero-order valence-corrected chi connectivity index (χ0v) is 10.6. The largest absolute Gasteiger partial charge is 0.508 e. The average molecular weight is 246 g/mol. The van der Waals surface area contributed by atoms with Gasteiger partial charge in [0.15, 0.2) is 0 Å². The van der Waals surface area contributed by atoms with Crippen molar-refractivity contribution in [2.75, 3.05) is 0 Å². The van der Waals surface area contributed by atoms with Crippen LogP contribution in [-0.4, -0.2) is 10.00 Å². The molecule has 0 fully saturated rings. The predicted molar refractivity (Wildman–Crippen MR) is 64.7 cm³/mol. The van der Waals surface area contributed by atoms with Gasteiger partial charge in [-0.05, 0) is 17.7 Å². The molecular weight excluding hydrogens is 227 g/mol. The highest BCUT2D eigenvalue weighted by Gasteiger charge is 1.95. The number of unbranched alkanes of at least 4 members (excludes halogenated alkanes) is 1. The maximum atomic E-state index is 10.2. The first-order valence-corrected chi connectivity index (χ1v) is 6.50. The van der Waals surface area contributed by atoms with E-state index in [0.29, 0.717) is 0 Å². The Kier molecular flexibility index (Phi) is 8.91. The van der Waals surface area contributed by atoms with Gasteiger partial charge in [-0.3, -0.25) is 4.57 Å². The van der Waals surface area contributed by atoms with Gasteiger partial charge in [-0.25, -0.2) is 0 Å². The van der Waals surface area contributed by atoms with Gasteiger partial charge in [-0.2, -0.15) is 0 Å². The molecular formula is C11H19O4P. The first kappa shape index (κ1) is 15.2. The molecule has 92 valence electrons. The molecule has 1 unspecified atom stereocenters. The summed E-state index contributed by atoms with van der Waals surface area (Å²) in [5.74, 6) is 0.162. The summed E-state index contributed by atoms with van der Waals surface area (Å²) >= 11 is 0. The SMILES string of the molecule is CCCC.O=[PH](O)OCc1ccc(O)cc1. The van der Waals surface area contributed by atoms with Crippen molar-refractivity contribution < 1.29 is 19.1 Å². The lowest BCUT2D eigenvalue weighted by Gasteiger charge is -1.99. The van der Waals surface area contributed by atoms with Crippen LogP contribution in [0.2, 0.25) is 0 Å². The molecule has 0 aromatic heterocycles. The minimum atomic E-state index is -2.85. The normalized spacial score (nSPS) is 11.4. The second kappa shape index (κ2) is 9.40. The van der Waals surface area contributed by atoms with E-state index in [1.54, 1.807) is 12.1 Å². The van der Waals surface area contributed by atoms with Gasteiger partial charge >= 0.3 is 8.25 Å². The molecule has 0 radical (unpaired) electrons. The summed E-state index contributed by atoms with van der Waals surface area (Å²) in [6.07, 6.45) is 2.64. The second-order valence-corrected chi connectivity index (χ2v) is 4.04. The van der Waals surface area contributed by atoms with Crippen LogP contribution < -0.4 is 0 Å². The standard InChI is InChI=1S/C7H9O4P.C4H10/c8-7-3-1-6(2-4-7)5-11-12(9)10;1-3-4-2/h1-4,8,12H,5H2,(H,9,10);3-4H2,1-2H3. The zero-order chi connectivity index (χ0) is 12.4. The molecule has 0 amide bonds. The van der Waals surface area contributed by atoms with E-state index >= 15 is 0 Å². The lowest BCUT2D eigenvalue weighted by Crippen LogP contribution is -1.83. The minimum Gasteiger partial charge on any atom is -0.508 e. The van der Waals surface area contributed by atoms with Gasteiger partial charge in [0.2, 0.25) is 0 Å². The number of benzene rings is 1. The molecule has 2 N–H and O–H groups in total. The molecule has 0 saturated heterocycles. The van der Waals surface area contributed by atoms with Gasteiger partial charge < -0.3 is 14.5 Å². The quantitative estimate of drug-likeness (QED) is 0.801. The molecule has 1 atom stereocenters. The average Bonchev–Trinajstić information content (AvgIpc) is 2.28. The Morgan fingerprint density at radius 2 is 1.69 bits per heavy atom. The molecule has 0 aliphatic carbocycles. The molecule has 0 spiro atoms. The molecule has 0 aliphatic heterocycles. The Morgan fingerprint density at radius 1 is 1.19 bits per heavy atom. The highest BCUT2D eigenvalue weighted by atomic mass is 31.1. The summed E-state index contributed by atoms with van der Waals surface area (Å²) < 4.78 is 14.6.